The average Bonchev–Trinajstić information content (AvgIpc) is 3.54. The minimum absolute atomic E-state index is 0.0435. The zero-order valence-electron chi connectivity index (χ0n) is 20.7. The third kappa shape index (κ3) is 3.95. The second-order valence-electron chi connectivity index (χ2n) is 10.4. The Hall–Kier alpha value is -3.32. The lowest BCUT2D eigenvalue weighted by Gasteiger charge is -2.41. The number of nitrogens with one attached hydrogen (secondary N) is 3. The minimum atomic E-state index is -0.199. The number of aromatic nitrogens is 1. The fraction of sp³-hybridized carbons (Fsp3) is 0.448. The van der Waals surface area contributed by atoms with Crippen LogP contribution in [0, 0.1) is 11.8 Å². The smallest absolute Gasteiger partial charge is 0.253 e. The highest BCUT2D eigenvalue weighted by Gasteiger charge is 2.48. The second kappa shape index (κ2) is 9.62. The molecule has 1 saturated carbocycles. The predicted molar refractivity (Wildman–Crippen MR) is 140 cm³/mol. The van der Waals surface area contributed by atoms with Gasteiger partial charge in [-0.2, -0.15) is 0 Å². The third-order valence-corrected chi connectivity index (χ3v) is 8.44. The number of fused-ring (bicyclic) bond motifs is 4. The van der Waals surface area contributed by atoms with E-state index in [1.54, 1.807) is 13.3 Å². The van der Waals surface area contributed by atoms with E-state index >= 15 is 0 Å². The molecule has 1 aliphatic carbocycles. The Bertz CT molecular complexity index is 1270. The number of hydrogen-bond acceptors (Lipinski definition) is 4. The first-order chi connectivity index (χ1) is 17.7. The highest BCUT2D eigenvalue weighted by atomic mass is 16.5. The number of likely N-dealkylation sites (tertiary alicyclic amines) is 1. The summed E-state index contributed by atoms with van der Waals surface area (Å²) in [7, 11) is 1.73. The number of ether oxygens (including phenoxy) is 1. The maximum Gasteiger partial charge on any atom is 0.253 e. The molecular formula is C29H34N4O3. The third-order valence-electron chi connectivity index (χ3n) is 8.44. The van der Waals surface area contributed by atoms with E-state index in [4.69, 9.17) is 4.74 Å². The molecule has 3 aromatic rings. The summed E-state index contributed by atoms with van der Waals surface area (Å²) in [5.74, 6) is 0.185. The fourth-order valence-electron chi connectivity index (χ4n) is 6.74. The summed E-state index contributed by atoms with van der Waals surface area (Å²) in [5.41, 5.74) is 3.86. The molecule has 7 nitrogen and oxygen atoms in total. The Balaban J connectivity index is 1.25. The van der Waals surface area contributed by atoms with Crippen LogP contribution in [0.4, 0.5) is 5.69 Å². The van der Waals surface area contributed by atoms with Gasteiger partial charge >= 0.3 is 0 Å². The van der Waals surface area contributed by atoms with Crippen molar-refractivity contribution in [2.45, 2.75) is 50.2 Å². The van der Waals surface area contributed by atoms with Gasteiger partial charge in [0, 0.05) is 48.4 Å². The van der Waals surface area contributed by atoms with Gasteiger partial charge in [-0.1, -0.05) is 49.2 Å². The van der Waals surface area contributed by atoms with Gasteiger partial charge in [0.25, 0.3) is 5.91 Å². The summed E-state index contributed by atoms with van der Waals surface area (Å²) in [6.45, 7) is 1.36. The van der Waals surface area contributed by atoms with E-state index in [9.17, 15) is 9.59 Å². The molecule has 0 radical (unpaired) electrons. The van der Waals surface area contributed by atoms with Crippen LogP contribution in [0.1, 0.15) is 54.1 Å². The summed E-state index contributed by atoms with van der Waals surface area (Å²) >= 11 is 0. The molecule has 2 fully saturated rings. The number of aromatic amines is 1. The molecule has 0 bridgehead atoms. The first-order valence-electron chi connectivity index (χ1n) is 13.2. The van der Waals surface area contributed by atoms with Crippen molar-refractivity contribution in [2.75, 3.05) is 25.6 Å². The molecule has 2 amide bonds. The lowest BCUT2D eigenvalue weighted by molar-refractivity contribution is -0.139. The van der Waals surface area contributed by atoms with Crippen LogP contribution in [-0.2, 0) is 9.53 Å². The largest absolute Gasteiger partial charge is 0.383 e. The van der Waals surface area contributed by atoms with Crippen molar-refractivity contribution in [3.05, 3.63) is 65.9 Å². The Morgan fingerprint density at radius 3 is 2.75 bits per heavy atom. The van der Waals surface area contributed by atoms with E-state index < -0.39 is 0 Å². The number of anilines is 1. The van der Waals surface area contributed by atoms with Crippen molar-refractivity contribution < 1.29 is 14.3 Å². The SMILES string of the molecule is COC[C@@H]1Nc2ccccc2[C@H]2[C@@H]1CCN2C(=O)[C@H]1CCCC[C@H]1NC(=O)c1c[nH]c2ccccc12. The number of carbonyl (C=O) groups is 2. The maximum atomic E-state index is 14.1. The maximum absolute atomic E-state index is 14.1. The highest BCUT2D eigenvalue weighted by Crippen LogP contribution is 2.47. The van der Waals surface area contributed by atoms with Crippen LogP contribution < -0.4 is 10.6 Å². The number of methoxy groups -OCH3 is 1. The summed E-state index contributed by atoms with van der Waals surface area (Å²) in [5, 5.41) is 7.81. The standard InChI is InChI=1S/C29H34N4O3/c1-36-17-26-20-14-15-33(27(20)19-9-3-6-12-24(19)31-26)29(35)21-10-4-7-13-25(21)32-28(34)22-16-30-23-11-5-2-8-18(22)23/h2-3,5-6,8-9,11-12,16,20-21,25-27,30-31H,4,7,10,13-15,17H2,1H3,(H,32,34)/t20-,21+,25-,26+,27+/m1/s1. The molecule has 2 aliphatic heterocycles. The van der Waals surface area contributed by atoms with Crippen LogP contribution in [0.25, 0.3) is 10.9 Å². The van der Waals surface area contributed by atoms with Crippen molar-refractivity contribution in [1.29, 1.82) is 0 Å². The van der Waals surface area contributed by atoms with Crippen molar-refractivity contribution in [2.24, 2.45) is 11.8 Å². The number of amides is 2. The van der Waals surface area contributed by atoms with E-state index in [-0.39, 0.29) is 35.9 Å². The van der Waals surface area contributed by atoms with Crippen molar-refractivity contribution in [1.82, 2.24) is 15.2 Å². The summed E-state index contributed by atoms with van der Waals surface area (Å²) < 4.78 is 5.53. The van der Waals surface area contributed by atoms with Gasteiger partial charge in [-0.05, 0) is 37.0 Å². The first kappa shape index (κ1) is 23.1. The zero-order chi connectivity index (χ0) is 24.6. The Labute approximate surface area is 211 Å². The van der Waals surface area contributed by atoms with Gasteiger partial charge < -0.3 is 25.3 Å². The molecule has 3 aliphatic rings. The Morgan fingerprint density at radius 2 is 1.86 bits per heavy atom. The lowest BCUT2D eigenvalue weighted by Crippen LogP contribution is -2.50. The quantitative estimate of drug-likeness (QED) is 0.496. The molecule has 0 spiro atoms. The highest BCUT2D eigenvalue weighted by molar-refractivity contribution is 6.07. The minimum Gasteiger partial charge on any atom is -0.383 e. The number of hydrogen-bond donors (Lipinski definition) is 3. The Morgan fingerprint density at radius 1 is 1.06 bits per heavy atom. The van der Waals surface area contributed by atoms with Crippen molar-refractivity contribution >= 4 is 28.4 Å². The van der Waals surface area contributed by atoms with E-state index in [0.717, 1.165) is 55.2 Å². The first-order valence-corrected chi connectivity index (χ1v) is 13.2. The summed E-state index contributed by atoms with van der Waals surface area (Å²) in [4.78, 5) is 32.7. The molecule has 6 rings (SSSR count). The van der Waals surface area contributed by atoms with E-state index in [0.29, 0.717) is 18.1 Å². The van der Waals surface area contributed by atoms with Crippen LogP contribution >= 0.6 is 0 Å². The molecule has 0 unspecified atom stereocenters. The molecule has 1 saturated heterocycles. The van der Waals surface area contributed by atoms with E-state index in [1.165, 1.54) is 5.56 Å². The molecule has 3 heterocycles. The zero-order valence-corrected chi connectivity index (χ0v) is 20.7. The monoisotopic (exact) mass is 486 g/mol. The van der Waals surface area contributed by atoms with Gasteiger partial charge in [0.05, 0.1) is 30.2 Å². The molecule has 3 N–H and O–H groups in total. The summed E-state index contributed by atoms with van der Waals surface area (Å²) in [6.07, 6.45) is 6.40. The second-order valence-corrected chi connectivity index (χ2v) is 10.4. The average molecular weight is 487 g/mol. The van der Waals surface area contributed by atoms with E-state index in [2.05, 4.69) is 38.7 Å². The van der Waals surface area contributed by atoms with Crippen LogP contribution in [0.5, 0.6) is 0 Å². The number of H-pyrrole nitrogens is 1. The van der Waals surface area contributed by atoms with Crippen molar-refractivity contribution in [3.63, 3.8) is 0 Å². The summed E-state index contributed by atoms with van der Waals surface area (Å²) in [6, 6.07) is 16.2. The van der Waals surface area contributed by atoms with E-state index in [1.807, 2.05) is 30.3 Å². The molecule has 188 valence electrons. The number of benzene rings is 2. The van der Waals surface area contributed by atoms with Gasteiger partial charge in [0.1, 0.15) is 0 Å². The van der Waals surface area contributed by atoms with Crippen LogP contribution in [-0.4, -0.2) is 54.0 Å². The van der Waals surface area contributed by atoms with Crippen LogP contribution in [0.3, 0.4) is 0 Å². The fourth-order valence-corrected chi connectivity index (χ4v) is 6.74. The number of para-hydroxylation sites is 2. The van der Waals surface area contributed by atoms with Crippen molar-refractivity contribution in [3.8, 4) is 0 Å². The van der Waals surface area contributed by atoms with Crippen LogP contribution in [0.15, 0.2) is 54.7 Å². The topological polar surface area (TPSA) is 86.5 Å². The van der Waals surface area contributed by atoms with Gasteiger partial charge in [0.15, 0.2) is 0 Å². The Kier molecular flexibility index (Phi) is 6.17. The molecule has 2 aromatic carbocycles. The number of rotatable bonds is 5. The normalized spacial score (nSPS) is 27.2. The molecule has 36 heavy (non-hydrogen) atoms. The van der Waals surface area contributed by atoms with Gasteiger partial charge in [0.2, 0.25) is 5.91 Å². The lowest BCUT2D eigenvalue weighted by atomic mass is 9.81. The van der Waals surface area contributed by atoms with Gasteiger partial charge in [-0.25, -0.2) is 0 Å². The number of nitrogens with zero attached hydrogens (tertiary/aromatic N) is 1. The molecular weight excluding hydrogens is 452 g/mol. The predicted octanol–water partition coefficient (Wildman–Crippen LogP) is 4.49. The molecule has 7 heteroatoms. The van der Waals surface area contributed by atoms with Crippen LogP contribution in [0.2, 0.25) is 0 Å². The van der Waals surface area contributed by atoms with Gasteiger partial charge in [-0.3, -0.25) is 9.59 Å². The molecule has 5 atom stereocenters. The number of carbonyl (C=O) groups excluding carboxylic acids is 2. The molecule has 1 aromatic heterocycles. The van der Waals surface area contributed by atoms with Gasteiger partial charge in [-0.15, -0.1) is 0 Å².